The molecule has 0 unspecified atom stereocenters. The lowest BCUT2D eigenvalue weighted by atomic mass is 10.1. The smallest absolute Gasteiger partial charge is 0.279 e. The van der Waals surface area contributed by atoms with Crippen LogP contribution in [0.25, 0.3) is 10.2 Å². The van der Waals surface area contributed by atoms with Gasteiger partial charge in [0.25, 0.3) is 5.91 Å². The van der Waals surface area contributed by atoms with Crippen LogP contribution >= 0.6 is 11.3 Å². The van der Waals surface area contributed by atoms with Crippen LogP contribution in [0.2, 0.25) is 0 Å². The number of amides is 1. The molecule has 0 N–H and O–H groups in total. The number of hydrogen-bond donors (Lipinski definition) is 0. The second-order valence-corrected chi connectivity index (χ2v) is 7.50. The van der Waals surface area contributed by atoms with Crippen molar-refractivity contribution in [2.24, 2.45) is 12.0 Å². The van der Waals surface area contributed by atoms with E-state index in [0.717, 1.165) is 28.8 Å². The summed E-state index contributed by atoms with van der Waals surface area (Å²) >= 11 is 1.54. The van der Waals surface area contributed by atoms with Crippen molar-refractivity contribution in [2.45, 2.75) is 33.6 Å². The second kappa shape index (κ2) is 7.87. The maximum atomic E-state index is 12.5. The summed E-state index contributed by atoms with van der Waals surface area (Å²) in [6, 6.07) is 11.5. The molecular formula is C21H24N2O2S. The number of aryl methyl sites for hydroxylation is 3. The predicted molar refractivity (Wildman–Crippen MR) is 107 cm³/mol. The monoisotopic (exact) mass is 368 g/mol. The topological polar surface area (TPSA) is 43.6 Å². The summed E-state index contributed by atoms with van der Waals surface area (Å²) in [4.78, 5) is 17.6. The maximum Gasteiger partial charge on any atom is 0.279 e. The Kier molecular flexibility index (Phi) is 5.57. The summed E-state index contributed by atoms with van der Waals surface area (Å²) in [5.41, 5.74) is 4.15. The van der Waals surface area contributed by atoms with E-state index >= 15 is 0 Å². The zero-order chi connectivity index (χ0) is 18.7. The molecule has 0 radical (unpaired) electrons. The minimum atomic E-state index is -0.235. The first-order valence-electron chi connectivity index (χ1n) is 8.88. The maximum absolute atomic E-state index is 12.5. The van der Waals surface area contributed by atoms with Gasteiger partial charge in [-0.1, -0.05) is 24.7 Å². The van der Waals surface area contributed by atoms with Gasteiger partial charge in [-0.15, -0.1) is 0 Å². The number of hydrogen-bond acceptors (Lipinski definition) is 3. The number of carbonyl (C=O) groups is 1. The SMILES string of the molecule is CCCCOc1ccc(C(=O)N=c2sc3cc(C)c(C)cc3n2C)cc1. The predicted octanol–water partition coefficient (Wildman–Crippen LogP) is 4.78. The third-order valence-corrected chi connectivity index (χ3v) is 5.58. The number of nitrogens with zero attached hydrogens (tertiary/aromatic N) is 2. The molecule has 26 heavy (non-hydrogen) atoms. The lowest BCUT2D eigenvalue weighted by Gasteiger charge is -2.05. The van der Waals surface area contributed by atoms with E-state index in [0.29, 0.717) is 17.0 Å². The van der Waals surface area contributed by atoms with Gasteiger partial charge in [-0.2, -0.15) is 4.99 Å². The molecule has 0 saturated carbocycles. The summed E-state index contributed by atoms with van der Waals surface area (Å²) in [6.07, 6.45) is 2.12. The van der Waals surface area contributed by atoms with Gasteiger partial charge in [0.2, 0.25) is 0 Å². The number of unbranched alkanes of at least 4 members (excludes halogenated alkanes) is 1. The van der Waals surface area contributed by atoms with Crippen LogP contribution in [0.15, 0.2) is 41.4 Å². The molecule has 1 amide bonds. The molecule has 4 nitrogen and oxygen atoms in total. The van der Waals surface area contributed by atoms with Crippen molar-refractivity contribution < 1.29 is 9.53 Å². The lowest BCUT2D eigenvalue weighted by Crippen LogP contribution is -2.13. The zero-order valence-electron chi connectivity index (χ0n) is 15.7. The standard InChI is InChI=1S/C21H24N2O2S/c1-5-6-11-25-17-9-7-16(8-10-17)20(24)22-21-23(4)18-12-14(2)15(3)13-19(18)26-21/h7-10,12-13H,5-6,11H2,1-4H3. The number of aromatic nitrogens is 1. The Labute approximate surface area is 157 Å². The normalized spacial score (nSPS) is 11.9. The molecule has 0 fully saturated rings. The molecule has 136 valence electrons. The van der Waals surface area contributed by atoms with Gasteiger partial charge in [-0.05, 0) is 67.8 Å². The number of carbonyl (C=O) groups excluding carboxylic acids is 1. The van der Waals surface area contributed by atoms with Gasteiger partial charge in [-0.25, -0.2) is 0 Å². The van der Waals surface area contributed by atoms with E-state index in [1.54, 1.807) is 12.1 Å². The molecule has 0 aliphatic carbocycles. The van der Waals surface area contributed by atoms with Crippen molar-refractivity contribution in [1.82, 2.24) is 4.57 Å². The van der Waals surface area contributed by atoms with Crippen molar-refractivity contribution in [3.63, 3.8) is 0 Å². The first kappa shape index (κ1) is 18.4. The molecule has 5 heteroatoms. The van der Waals surface area contributed by atoms with Gasteiger partial charge in [0.1, 0.15) is 5.75 Å². The summed E-state index contributed by atoms with van der Waals surface area (Å²) in [6.45, 7) is 7.02. The first-order chi connectivity index (χ1) is 12.5. The molecule has 1 heterocycles. The minimum absolute atomic E-state index is 0.235. The average molecular weight is 369 g/mol. The third-order valence-electron chi connectivity index (χ3n) is 4.49. The molecule has 0 aliphatic rings. The molecule has 0 atom stereocenters. The number of thiazole rings is 1. The Morgan fingerprint density at radius 1 is 1.15 bits per heavy atom. The Bertz CT molecular complexity index is 997. The van der Waals surface area contributed by atoms with E-state index in [9.17, 15) is 4.79 Å². The van der Waals surface area contributed by atoms with Crippen LogP contribution in [-0.4, -0.2) is 17.1 Å². The van der Waals surface area contributed by atoms with Crippen LogP contribution in [0, 0.1) is 13.8 Å². The summed E-state index contributed by atoms with van der Waals surface area (Å²) in [5, 5.41) is 0. The van der Waals surface area contributed by atoms with Gasteiger partial charge >= 0.3 is 0 Å². The number of fused-ring (bicyclic) bond motifs is 1. The second-order valence-electron chi connectivity index (χ2n) is 6.49. The molecule has 2 aromatic carbocycles. The van der Waals surface area contributed by atoms with E-state index in [2.05, 4.69) is 37.9 Å². The zero-order valence-corrected chi connectivity index (χ0v) is 16.5. The van der Waals surface area contributed by atoms with Crippen molar-refractivity contribution in [3.05, 3.63) is 57.9 Å². The van der Waals surface area contributed by atoms with Crippen molar-refractivity contribution in [1.29, 1.82) is 0 Å². The fourth-order valence-electron chi connectivity index (χ4n) is 2.67. The fraction of sp³-hybridized carbons (Fsp3) is 0.333. The van der Waals surface area contributed by atoms with Gasteiger partial charge in [0, 0.05) is 12.6 Å². The van der Waals surface area contributed by atoms with Crippen LogP contribution in [0.3, 0.4) is 0 Å². The average Bonchev–Trinajstić information content (AvgIpc) is 2.91. The highest BCUT2D eigenvalue weighted by Crippen LogP contribution is 2.21. The molecule has 0 saturated heterocycles. The number of ether oxygens (including phenoxy) is 1. The molecule has 3 aromatic rings. The largest absolute Gasteiger partial charge is 0.494 e. The van der Waals surface area contributed by atoms with Gasteiger partial charge in [0.05, 0.1) is 16.8 Å². The van der Waals surface area contributed by atoms with E-state index in [4.69, 9.17) is 4.74 Å². The van der Waals surface area contributed by atoms with Crippen LogP contribution in [0.1, 0.15) is 41.3 Å². The first-order valence-corrected chi connectivity index (χ1v) is 9.70. The molecule has 0 bridgehead atoms. The highest BCUT2D eigenvalue weighted by molar-refractivity contribution is 7.16. The van der Waals surface area contributed by atoms with Crippen molar-refractivity contribution in [3.8, 4) is 5.75 Å². The Morgan fingerprint density at radius 2 is 1.85 bits per heavy atom. The van der Waals surface area contributed by atoms with Crippen LogP contribution in [0.5, 0.6) is 5.75 Å². The molecular weight excluding hydrogens is 344 g/mol. The summed E-state index contributed by atoms with van der Waals surface area (Å²) in [7, 11) is 1.95. The van der Waals surface area contributed by atoms with Crippen LogP contribution < -0.4 is 9.54 Å². The Hall–Kier alpha value is -2.40. The molecule has 0 aliphatic heterocycles. The van der Waals surface area contributed by atoms with Gasteiger partial charge in [-0.3, -0.25) is 4.79 Å². The summed E-state index contributed by atoms with van der Waals surface area (Å²) in [5.74, 6) is 0.550. The van der Waals surface area contributed by atoms with Gasteiger partial charge in [0.15, 0.2) is 4.80 Å². The number of rotatable bonds is 5. The van der Waals surface area contributed by atoms with Gasteiger partial charge < -0.3 is 9.30 Å². The van der Waals surface area contributed by atoms with E-state index in [1.165, 1.54) is 22.5 Å². The highest BCUT2D eigenvalue weighted by Gasteiger charge is 2.09. The lowest BCUT2D eigenvalue weighted by molar-refractivity contribution is 0.0998. The quantitative estimate of drug-likeness (QED) is 0.609. The van der Waals surface area contributed by atoms with Crippen molar-refractivity contribution in [2.75, 3.05) is 6.61 Å². The Balaban J connectivity index is 1.86. The van der Waals surface area contributed by atoms with E-state index < -0.39 is 0 Å². The van der Waals surface area contributed by atoms with Crippen molar-refractivity contribution >= 4 is 27.5 Å². The minimum Gasteiger partial charge on any atom is -0.494 e. The van der Waals surface area contributed by atoms with Crippen LogP contribution in [-0.2, 0) is 7.05 Å². The van der Waals surface area contributed by atoms with Crippen LogP contribution in [0.4, 0.5) is 0 Å². The number of benzene rings is 2. The third kappa shape index (κ3) is 3.88. The molecule has 1 aromatic heterocycles. The molecule has 3 rings (SSSR count). The molecule has 0 spiro atoms. The summed E-state index contributed by atoms with van der Waals surface area (Å²) < 4.78 is 8.76. The highest BCUT2D eigenvalue weighted by atomic mass is 32.1. The Morgan fingerprint density at radius 3 is 2.54 bits per heavy atom. The van der Waals surface area contributed by atoms with E-state index in [-0.39, 0.29) is 5.91 Å². The van der Waals surface area contributed by atoms with E-state index in [1.807, 2.05) is 23.7 Å². The fourth-order valence-corrected chi connectivity index (χ4v) is 3.76.